The second kappa shape index (κ2) is 8.30. The molecule has 0 aliphatic rings. The smallest absolute Gasteiger partial charge is 0.318 e. The average molecular weight is 327 g/mol. The topological polar surface area (TPSA) is 110 Å². The zero-order valence-corrected chi connectivity index (χ0v) is 12.8. The molecule has 8 heteroatoms. The van der Waals surface area contributed by atoms with Crippen LogP contribution >= 0.6 is 0 Å². The van der Waals surface area contributed by atoms with Gasteiger partial charge in [0.05, 0.1) is 17.9 Å². The van der Waals surface area contributed by atoms with Gasteiger partial charge in [0.15, 0.2) is 0 Å². The van der Waals surface area contributed by atoms with Gasteiger partial charge in [-0.25, -0.2) is 8.42 Å². The molecule has 0 fully saturated rings. The standard InChI is InChI=1S/C14H17NO6S/c1-2-21-14(18)5-3-4-11-6-8-12(9-7-11)22(19,20)15-10-13(16)17/h3-4,6-9,15H,2,5,10H2,1H3,(H,16,17). The molecule has 0 saturated heterocycles. The maximum absolute atomic E-state index is 11.8. The Labute approximate surface area is 128 Å². The number of benzene rings is 1. The molecule has 0 unspecified atom stereocenters. The molecule has 0 heterocycles. The fourth-order valence-electron chi connectivity index (χ4n) is 1.51. The number of esters is 1. The summed E-state index contributed by atoms with van der Waals surface area (Å²) in [7, 11) is -3.84. The van der Waals surface area contributed by atoms with Crippen molar-refractivity contribution < 1.29 is 27.9 Å². The van der Waals surface area contributed by atoms with Gasteiger partial charge >= 0.3 is 11.9 Å². The lowest BCUT2D eigenvalue weighted by Crippen LogP contribution is -2.29. The van der Waals surface area contributed by atoms with Crippen LogP contribution in [0.2, 0.25) is 0 Å². The molecule has 120 valence electrons. The maximum Gasteiger partial charge on any atom is 0.318 e. The van der Waals surface area contributed by atoms with Gasteiger partial charge in [-0.1, -0.05) is 24.3 Å². The minimum Gasteiger partial charge on any atom is -0.480 e. The second-order valence-corrected chi connectivity index (χ2v) is 5.97. The summed E-state index contributed by atoms with van der Waals surface area (Å²) in [5.41, 5.74) is 0.710. The highest BCUT2D eigenvalue weighted by molar-refractivity contribution is 7.89. The van der Waals surface area contributed by atoms with Crippen molar-refractivity contribution in [2.24, 2.45) is 0 Å². The number of carbonyl (C=O) groups is 2. The molecule has 0 spiro atoms. The van der Waals surface area contributed by atoms with Crippen LogP contribution in [0.3, 0.4) is 0 Å². The Morgan fingerprint density at radius 3 is 2.45 bits per heavy atom. The first kappa shape index (κ1) is 17.9. The second-order valence-electron chi connectivity index (χ2n) is 4.20. The van der Waals surface area contributed by atoms with Crippen LogP contribution in [-0.4, -0.2) is 38.6 Å². The van der Waals surface area contributed by atoms with Gasteiger partial charge in [-0.2, -0.15) is 4.72 Å². The Balaban J connectivity index is 2.68. The molecule has 0 aliphatic heterocycles. The van der Waals surface area contributed by atoms with E-state index >= 15 is 0 Å². The van der Waals surface area contributed by atoms with Gasteiger partial charge in [0.2, 0.25) is 10.0 Å². The molecular formula is C14H17NO6S. The van der Waals surface area contributed by atoms with Crippen molar-refractivity contribution in [3.05, 3.63) is 35.9 Å². The Morgan fingerprint density at radius 2 is 1.91 bits per heavy atom. The maximum atomic E-state index is 11.8. The summed E-state index contributed by atoms with van der Waals surface area (Å²) < 4.78 is 30.3. The SMILES string of the molecule is CCOC(=O)CC=Cc1ccc(S(=O)(=O)NCC(=O)O)cc1. The lowest BCUT2D eigenvalue weighted by atomic mass is 10.2. The number of nitrogens with one attached hydrogen (secondary N) is 1. The van der Waals surface area contributed by atoms with Crippen LogP contribution in [0.25, 0.3) is 6.08 Å². The van der Waals surface area contributed by atoms with Crippen molar-refractivity contribution in [3.8, 4) is 0 Å². The normalized spacial score (nSPS) is 11.5. The minimum absolute atomic E-state index is 0.0312. The highest BCUT2D eigenvalue weighted by Gasteiger charge is 2.14. The number of carboxylic acid groups (broad SMARTS) is 1. The summed E-state index contributed by atoms with van der Waals surface area (Å²) in [5.74, 6) is -1.60. The lowest BCUT2D eigenvalue weighted by molar-refractivity contribution is -0.142. The number of carboxylic acids is 1. The summed E-state index contributed by atoms with van der Waals surface area (Å²) in [6.07, 6.45) is 3.41. The first-order chi connectivity index (χ1) is 10.3. The highest BCUT2D eigenvalue weighted by atomic mass is 32.2. The third-order valence-corrected chi connectivity index (χ3v) is 3.92. The molecular weight excluding hydrogens is 310 g/mol. The van der Waals surface area contributed by atoms with Crippen molar-refractivity contribution in [3.63, 3.8) is 0 Å². The van der Waals surface area contributed by atoms with Gasteiger partial charge in [0.25, 0.3) is 0 Å². The number of rotatable bonds is 8. The fraction of sp³-hybridized carbons (Fsp3) is 0.286. The van der Waals surface area contributed by atoms with E-state index in [1.165, 1.54) is 12.1 Å². The number of hydrogen-bond donors (Lipinski definition) is 2. The van der Waals surface area contributed by atoms with E-state index in [-0.39, 0.29) is 17.3 Å². The fourth-order valence-corrected chi connectivity index (χ4v) is 2.48. The summed E-state index contributed by atoms with van der Waals surface area (Å²) >= 11 is 0. The summed E-state index contributed by atoms with van der Waals surface area (Å²) in [6, 6.07) is 5.82. The van der Waals surface area contributed by atoms with Crippen molar-refractivity contribution in [2.45, 2.75) is 18.2 Å². The van der Waals surface area contributed by atoms with Crippen LogP contribution in [0.4, 0.5) is 0 Å². The molecule has 1 rings (SSSR count). The predicted octanol–water partition coefficient (Wildman–Crippen LogP) is 1.02. The number of aliphatic carboxylic acids is 1. The third-order valence-electron chi connectivity index (χ3n) is 2.50. The van der Waals surface area contributed by atoms with Gasteiger partial charge in [-0.15, -0.1) is 0 Å². The van der Waals surface area contributed by atoms with Crippen molar-refractivity contribution in [1.82, 2.24) is 4.72 Å². The van der Waals surface area contributed by atoms with Crippen molar-refractivity contribution in [1.29, 1.82) is 0 Å². The molecule has 1 aromatic carbocycles. The van der Waals surface area contributed by atoms with E-state index in [1.807, 2.05) is 4.72 Å². The molecule has 0 aromatic heterocycles. The Kier molecular flexibility index (Phi) is 6.74. The lowest BCUT2D eigenvalue weighted by Gasteiger charge is -2.04. The van der Waals surface area contributed by atoms with Crippen LogP contribution in [0.1, 0.15) is 18.9 Å². The molecule has 0 atom stereocenters. The van der Waals surface area contributed by atoms with Gasteiger partial charge in [-0.3, -0.25) is 9.59 Å². The quantitative estimate of drug-likeness (QED) is 0.690. The van der Waals surface area contributed by atoms with E-state index in [9.17, 15) is 18.0 Å². The van der Waals surface area contributed by atoms with Crippen LogP contribution in [0.15, 0.2) is 35.2 Å². The summed E-state index contributed by atoms with van der Waals surface area (Å²) in [4.78, 5) is 21.5. The monoisotopic (exact) mass is 327 g/mol. The molecule has 22 heavy (non-hydrogen) atoms. The largest absolute Gasteiger partial charge is 0.480 e. The Hall–Kier alpha value is -2.19. The van der Waals surface area contributed by atoms with E-state index in [4.69, 9.17) is 9.84 Å². The molecule has 2 N–H and O–H groups in total. The summed E-state index contributed by atoms with van der Waals surface area (Å²) in [6.45, 7) is 1.37. The molecule has 0 saturated carbocycles. The first-order valence-corrected chi connectivity index (χ1v) is 7.97. The van der Waals surface area contributed by atoms with Gasteiger partial charge < -0.3 is 9.84 Å². The van der Waals surface area contributed by atoms with Gasteiger partial charge in [0.1, 0.15) is 6.54 Å². The third kappa shape index (κ3) is 6.06. The molecule has 0 aliphatic carbocycles. The molecule has 0 amide bonds. The number of carbonyl (C=O) groups excluding carboxylic acids is 1. The van der Waals surface area contributed by atoms with Crippen LogP contribution in [-0.2, 0) is 24.3 Å². The van der Waals surface area contributed by atoms with Crippen molar-refractivity contribution >= 4 is 28.0 Å². The van der Waals surface area contributed by atoms with Crippen LogP contribution in [0, 0.1) is 0 Å². The van der Waals surface area contributed by atoms with Crippen molar-refractivity contribution in [2.75, 3.05) is 13.2 Å². The average Bonchev–Trinajstić information content (AvgIpc) is 2.46. The molecule has 0 bridgehead atoms. The molecule has 0 radical (unpaired) electrons. The zero-order valence-electron chi connectivity index (χ0n) is 12.0. The van der Waals surface area contributed by atoms with E-state index < -0.39 is 22.5 Å². The number of sulfonamides is 1. The first-order valence-electron chi connectivity index (χ1n) is 6.49. The Bertz CT molecular complexity index is 648. The summed E-state index contributed by atoms with van der Waals surface area (Å²) in [5, 5.41) is 8.47. The number of ether oxygens (including phenoxy) is 1. The Morgan fingerprint density at radius 1 is 1.27 bits per heavy atom. The molecule has 7 nitrogen and oxygen atoms in total. The van der Waals surface area contributed by atoms with E-state index in [2.05, 4.69) is 0 Å². The highest BCUT2D eigenvalue weighted by Crippen LogP contribution is 2.11. The van der Waals surface area contributed by atoms with Gasteiger partial charge in [0, 0.05) is 0 Å². The predicted molar refractivity (Wildman–Crippen MR) is 79.6 cm³/mol. The zero-order chi connectivity index (χ0) is 16.6. The van der Waals surface area contributed by atoms with Crippen LogP contribution in [0.5, 0.6) is 0 Å². The van der Waals surface area contributed by atoms with E-state index in [0.29, 0.717) is 12.2 Å². The van der Waals surface area contributed by atoms with E-state index in [1.54, 1.807) is 31.2 Å². The van der Waals surface area contributed by atoms with Gasteiger partial charge in [-0.05, 0) is 24.6 Å². The molecule has 1 aromatic rings. The van der Waals surface area contributed by atoms with Crippen LogP contribution < -0.4 is 4.72 Å². The number of hydrogen-bond acceptors (Lipinski definition) is 5. The minimum atomic E-state index is -3.84. The van der Waals surface area contributed by atoms with E-state index in [0.717, 1.165) is 0 Å².